The van der Waals surface area contributed by atoms with Gasteiger partial charge in [-0.2, -0.15) is 0 Å². The maximum Gasteiger partial charge on any atom is 0.475 e. The van der Waals surface area contributed by atoms with Gasteiger partial charge in [-0.25, -0.2) is 9.36 Å². The molecule has 4 rings (SSSR count). The number of carbonyl (C=O) groups is 1. The number of hydrogen-bond donors (Lipinski definition) is 2. The Morgan fingerprint density at radius 3 is 2.82 bits per heavy atom. The molecule has 1 saturated carbocycles. The SMILES string of the molecule is C[C@@]1(N)[C@@H]2OP(=O)(OCCCCC(=O)OC3CCCC3)OC[C@H]2O[C@H]1n1ccc(=O)[nH]c1=O. The van der Waals surface area contributed by atoms with Crippen molar-refractivity contribution in [1.82, 2.24) is 9.55 Å². The van der Waals surface area contributed by atoms with E-state index >= 15 is 0 Å². The van der Waals surface area contributed by atoms with Crippen LogP contribution in [0.15, 0.2) is 21.9 Å². The lowest BCUT2D eigenvalue weighted by atomic mass is 9.93. The Morgan fingerprint density at radius 2 is 2.09 bits per heavy atom. The Hall–Kier alpha value is -1.82. The predicted octanol–water partition coefficient (Wildman–Crippen LogP) is 1.35. The Bertz CT molecular complexity index is 1020. The first kappa shape index (κ1) is 24.3. The molecule has 3 N–H and O–H groups in total. The Balaban J connectivity index is 1.28. The van der Waals surface area contributed by atoms with Gasteiger partial charge >= 0.3 is 19.5 Å². The number of carbonyl (C=O) groups excluding carboxylic acids is 1. The molecule has 2 aliphatic heterocycles. The standard InChI is InChI=1S/C20H30N3O9P/c1-20(21)17-14(31-18(20)23-10-9-15(24)22-19(23)26)12-29-33(27,32-17)28-11-5-4-8-16(25)30-13-6-2-3-7-13/h9-10,13-14,17-18H,2-8,11-12,21H2,1H3,(H,22,24,26)/t14-,17-,18-,20-,33?/m1/s1. The topological polar surface area (TPSA) is 161 Å². The third-order valence-corrected chi connectivity index (χ3v) is 7.60. The number of nitrogens with two attached hydrogens (primary N) is 1. The molecule has 0 aromatic carbocycles. The maximum absolute atomic E-state index is 13.0. The fourth-order valence-corrected chi connectivity index (χ4v) is 5.93. The first-order valence-electron chi connectivity index (χ1n) is 11.2. The van der Waals surface area contributed by atoms with Crippen LogP contribution in [0.1, 0.15) is 58.1 Å². The number of aromatic amines is 1. The van der Waals surface area contributed by atoms with E-state index in [0.29, 0.717) is 12.8 Å². The number of fused-ring (bicyclic) bond motifs is 1. The molecule has 1 aromatic rings. The van der Waals surface area contributed by atoms with Crippen LogP contribution >= 0.6 is 7.82 Å². The summed E-state index contributed by atoms with van der Waals surface area (Å²) in [4.78, 5) is 37.6. The van der Waals surface area contributed by atoms with Crippen molar-refractivity contribution in [3.8, 4) is 0 Å². The van der Waals surface area contributed by atoms with Crippen molar-refractivity contribution in [2.24, 2.45) is 5.73 Å². The summed E-state index contributed by atoms with van der Waals surface area (Å²) in [5.74, 6) is -0.230. The molecule has 0 spiro atoms. The molecule has 3 fully saturated rings. The van der Waals surface area contributed by atoms with Crippen LogP contribution in [-0.4, -0.2) is 52.6 Å². The molecule has 3 heterocycles. The molecule has 0 radical (unpaired) electrons. The van der Waals surface area contributed by atoms with Gasteiger partial charge in [-0.1, -0.05) is 0 Å². The highest BCUT2D eigenvalue weighted by molar-refractivity contribution is 7.48. The molecule has 184 valence electrons. The third-order valence-electron chi connectivity index (χ3n) is 6.15. The zero-order valence-corrected chi connectivity index (χ0v) is 19.4. The number of nitrogens with one attached hydrogen (secondary N) is 1. The average Bonchev–Trinajstić information content (AvgIpc) is 3.34. The second-order valence-electron chi connectivity index (χ2n) is 8.87. The van der Waals surface area contributed by atoms with Crippen molar-refractivity contribution < 1.29 is 32.4 Å². The van der Waals surface area contributed by atoms with Crippen LogP contribution in [0.25, 0.3) is 0 Å². The Labute approximate surface area is 190 Å². The Morgan fingerprint density at radius 1 is 1.33 bits per heavy atom. The molecule has 3 aliphatic rings. The van der Waals surface area contributed by atoms with E-state index < -0.39 is 43.0 Å². The summed E-state index contributed by atoms with van der Waals surface area (Å²) < 4.78 is 41.7. The summed E-state index contributed by atoms with van der Waals surface area (Å²) in [5, 5.41) is 0. The van der Waals surface area contributed by atoms with Crippen LogP contribution in [0.4, 0.5) is 0 Å². The van der Waals surface area contributed by atoms with Crippen molar-refractivity contribution in [1.29, 1.82) is 0 Å². The van der Waals surface area contributed by atoms with Gasteiger partial charge in [0.05, 0.1) is 18.8 Å². The summed E-state index contributed by atoms with van der Waals surface area (Å²) in [5.41, 5.74) is 3.93. The van der Waals surface area contributed by atoms with E-state index in [0.717, 1.165) is 30.3 Å². The number of unbranched alkanes of at least 4 members (excludes halogenated alkanes) is 1. The zero-order valence-electron chi connectivity index (χ0n) is 18.5. The monoisotopic (exact) mass is 487 g/mol. The van der Waals surface area contributed by atoms with E-state index in [1.54, 1.807) is 6.92 Å². The largest absolute Gasteiger partial charge is 0.475 e. The van der Waals surface area contributed by atoms with Crippen molar-refractivity contribution in [2.45, 2.75) is 81.9 Å². The summed E-state index contributed by atoms with van der Waals surface area (Å²) >= 11 is 0. The number of phosphoric acid groups is 1. The summed E-state index contributed by atoms with van der Waals surface area (Å²) in [7, 11) is -3.91. The quantitative estimate of drug-likeness (QED) is 0.311. The molecule has 1 aromatic heterocycles. The second-order valence-corrected chi connectivity index (χ2v) is 10.5. The van der Waals surface area contributed by atoms with Crippen LogP contribution in [0, 0.1) is 0 Å². The van der Waals surface area contributed by atoms with Crippen LogP contribution < -0.4 is 17.0 Å². The molecule has 1 unspecified atom stereocenters. The van der Waals surface area contributed by atoms with E-state index in [2.05, 4.69) is 4.98 Å². The molecular weight excluding hydrogens is 457 g/mol. The normalized spacial score (nSPS) is 34.3. The van der Waals surface area contributed by atoms with Gasteiger partial charge in [0.25, 0.3) is 5.56 Å². The van der Waals surface area contributed by atoms with E-state index in [-0.39, 0.29) is 31.7 Å². The van der Waals surface area contributed by atoms with Gasteiger partial charge < -0.3 is 15.2 Å². The molecule has 0 amide bonds. The first-order valence-corrected chi connectivity index (χ1v) is 12.7. The minimum atomic E-state index is -3.91. The van der Waals surface area contributed by atoms with Gasteiger partial charge in [-0.3, -0.25) is 32.7 Å². The lowest BCUT2D eigenvalue weighted by Crippen LogP contribution is -2.55. The predicted molar refractivity (Wildman–Crippen MR) is 114 cm³/mol. The molecule has 13 heteroatoms. The van der Waals surface area contributed by atoms with Gasteiger partial charge in [0.15, 0.2) is 6.23 Å². The number of aromatic nitrogens is 2. The highest BCUT2D eigenvalue weighted by Crippen LogP contribution is 2.58. The number of phosphoric ester groups is 1. The van der Waals surface area contributed by atoms with Crippen molar-refractivity contribution in [2.75, 3.05) is 13.2 Å². The van der Waals surface area contributed by atoms with Crippen molar-refractivity contribution in [3.63, 3.8) is 0 Å². The molecule has 12 nitrogen and oxygen atoms in total. The average molecular weight is 487 g/mol. The van der Waals surface area contributed by atoms with E-state index in [9.17, 15) is 18.9 Å². The van der Waals surface area contributed by atoms with Gasteiger partial charge in [0.2, 0.25) is 0 Å². The molecule has 1 aliphatic carbocycles. The molecule has 5 atom stereocenters. The first-order chi connectivity index (χ1) is 15.7. The number of ether oxygens (including phenoxy) is 2. The van der Waals surface area contributed by atoms with Crippen LogP contribution in [-0.2, 0) is 32.4 Å². The molecule has 2 saturated heterocycles. The van der Waals surface area contributed by atoms with Crippen molar-refractivity contribution in [3.05, 3.63) is 33.1 Å². The molecule has 0 bridgehead atoms. The summed E-state index contributed by atoms with van der Waals surface area (Å²) in [6, 6.07) is 1.18. The van der Waals surface area contributed by atoms with Crippen molar-refractivity contribution >= 4 is 13.8 Å². The number of nitrogens with zero attached hydrogens (tertiary/aromatic N) is 1. The van der Waals surface area contributed by atoms with Gasteiger partial charge in [0.1, 0.15) is 18.3 Å². The van der Waals surface area contributed by atoms with Gasteiger partial charge in [0, 0.05) is 18.7 Å². The van der Waals surface area contributed by atoms with Crippen LogP contribution in [0.2, 0.25) is 0 Å². The van der Waals surface area contributed by atoms with E-state index in [4.69, 9.17) is 28.8 Å². The highest BCUT2D eigenvalue weighted by Gasteiger charge is 2.59. The number of esters is 1. The lowest BCUT2D eigenvalue weighted by molar-refractivity contribution is -0.148. The fourth-order valence-electron chi connectivity index (χ4n) is 4.41. The molecule has 33 heavy (non-hydrogen) atoms. The van der Waals surface area contributed by atoms with Gasteiger partial charge in [-0.05, 0) is 45.4 Å². The number of hydrogen-bond acceptors (Lipinski definition) is 10. The van der Waals surface area contributed by atoms with Gasteiger partial charge in [-0.15, -0.1) is 0 Å². The molecular formula is C20H30N3O9P. The fraction of sp³-hybridized carbons (Fsp3) is 0.750. The van der Waals surface area contributed by atoms with E-state index in [1.165, 1.54) is 12.3 Å². The lowest BCUT2D eigenvalue weighted by Gasteiger charge is -2.35. The highest BCUT2D eigenvalue weighted by atomic mass is 31.2. The van der Waals surface area contributed by atoms with Crippen LogP contribution in [0.5, 0.6) is 0 Å². The van der Waals surface area contributed by atoms with Crippen LogP contribution in [0.3, 0.4) is 0 Å². The zero-order chi connectivity index (χ0) is 23.6. The number of H-pyrrole nitrogens is 1. The number of rotatable bonds is 8. The smallest absolute Gasteiger partial charge is 0.462 e. The summed E-state index contributed by atoms with van der Waals surface area (Å²) in [6.45, 7) is 1.57. The maximum atomic E-state index is 13.0. The minimum Gasteiger partial charge on any atom is -0.462 e. The second kappa shape index (κ2) is 9.81. The summed E-state index contributed by atoms with van der Waals surface area (Å²) in [6.07, 6.45) is 4.09. The third kappa shape index (κ3) is 5.47. The van der Waals surface area contributed by atoms with E-state index in [1.807, 2.05) is 0 Å². The minimum absolute atomic E-state index is 0.0385. The Kier molecular flexibility index (Phi) is 7.23.